The maximum Gasteiger partial charge on any atom is 0.268 e. The second kappa shape index (κ2) is 9.24. The van der Waals surface area contributed by atoms with Gasteiger partial charge in [0.15, 0.2) is 0 Å². The van der Waals surface area contributed by atoms with E-state index in [1.807, 2.05) is 55.7 Å². The van der Waals surface area contributed by atoms with Gasteiger partial charge < -0.3 is 4.57 Å². The number of rotatable bonds is 6. The van der Waals surface area contributed by atoms with Crippen LogP contribution in [-0.4, -0.2) is 34.0 Å². The zero-order valence-corrected chi connectivity index (χ0v) is 20.2. The molecule has 1 aromatic carbocycles. The van der Waals surface area contributed by atoms with Crippen molar-refractivity contribution in [3.63, 3.8) is 0 Å². The highest BCUT2D eigenvalue weighted by molar-refractivity contribution is 7.91. The summed E-state index contributed by atoms with van der Waals surface area (Å²) in [5, 5.41) is 12.3. The maximum atomic E-state index is 12.6. The summed E-state index contributed by atoms with van der Waals surface area (Å²) in [6, 6.07) is 9.37. The summed E-state index contributed by atoms with van der Waals surface area (Å²) in [6.07, 6.45) is 1.48. The van der Waals surface area contributed by atoms with Gasteiger partial charge in [-0.3, -0.25) is 10.1 Å². The second-order valence-corrected chi connectivity index (χ2v) is 10.4. The van der Waals surface area contributed by atoms with E-state index >= 15 is 0 Å². The fraction of sp³-hybridized carbons (Fsp3) is 0.238. The van der Waals surface area contributed by atoms with Gasteiger partial charge in [-0.05, 0) is 56.2 Å². The van der Waals surface area contributed by atoms with E-state index in [4.69, 9.17) is 11.6 Å². The first-order chi connectivity index (χ1) is 15.1. The topological polar surface area (TPSA) is 118 Å². The predicted octanol–water partition coefficient (Wildman–Crippen LogP) is 4.25. The summed E-state index contributed by atoms with van der Waals surface area (Å²) in [5.74, 6) is -0.852. The Kier molecular flexibility index (Phi) is 6.83. The van der Waals surface area contributed by atoms with E-state index in [-0.39, 0.29) is 21.6 Å². The van der Waals surface area contributed by atoms with Crippen molar-refractivity contribution in [3.05, 3.63) is 57.4 Å². The van der Waals surface area contributed by atoms with Crippen LogP contribution in [0.2, 0.25) is 5.02 Å². The average Bonchev–Trinajstić information content (AvgIpc) is 3.32. The van der Waals surface area contributed by atoms with Gasteiger partial charge >= 0.3 is 0 Å². The van der Waals surface area contributed by atoms with Crippen molar-refractivity contribution in [2.75, 3.05) is 11.1 Å². The quantitative estimate of drug-likeness (QED) is 0.408. The summed E-state index contributed by atoms with van der Waals surface area (Å²) in [6.45, 7) is 7.27. The average molecular weight is 490 g/mol. The Balaban J connectivity index is 1.93. The fourth-order valence-electron chi connectivity index (χ4n) is 3.11. The molecule has 0 aliphatic carbocycles. The van der Waals surface area contributed by atoms with E-state index in [1.54, 1.807) is 0 Å². The molecule has 3 aromatic rings. The molecule has 1 N–H and O–H groups in total. The number of hydrogen-bond acceptors (Lipinski definition) is 7. The smallest absolute Gasteiger partial charge is 0.268 e. The number of nitrogens with one attached hydrogen (secondary N) is 1. The summed E-state index contributed by atoms with van der Waals surface area (Å²) < 4.78 is 29.5. The molecule has 8 nitrogen and oxygen atoms in total. The molecule has 0 bridgehead atoms. The normalized spacial score (nSPS) is 11.9. The molecule has 0 atom stereocenters. The van der Waals surface area contributed by atoms with Gasteiger partial charge in [0.05, 0.1) is 5.75 Å². The van der Waals surface area contributed by atoms with Crippen molar-refractivity contribution in [2.24, 2.45) is 0 Å². The Morgan fingerprint density at radius 2 is 2.03 bits per heavy atom. The van der Waals surface area contributed by atoms with Gasteiger partial charge in [-0.2, -0.15) is 14.6 Å². The Hall–Kier alpha value is -3.00. The highest BCUT2D eigenvalue weighted by Gasteiger charge is 2.20. The molecule has 2 aromatic heterocycles. The first kappa shape index (κ1) is 23.7. The molecule has 2 heterocycles. The van der Waals surface area contributed by atoms with E-state index in [0.29, 0.717) is 10.6 Å². The number of aromatic nitrogens is 3. The Morgan fingerprint density at radius 3 is 2.69 bits per heavy atom. The van der Waals surface area contributed by atoms with Gasteiger partial charge in [-0.25, -0.2) is 8.42 Å². The van der Waals surface area contributed by atoms with Crippen LogP contribution in [0, 0.1) is 32.1 Å². The van der Waals surface area contributed by atoms with Crippen LogP contribution in [0.4, 0.5) is 5.13 Å². The second-order valence-electron chi connectivity index (χ2n) is 7.00. The minimum Gasteiger partial charge on any atom is -0.318 e. The van der Waals surface area contributed by atoms with E-state index in [1.165, 1.54) is 13.0 Å². The molecule has 0 fully saturated rings. The van der Waals surface area contributed by atoms with Gasteiger partial charge in [0.1, 0.15) is 11.6 Å². The van der Waals surface area contributed by atoms with Crippen LogP contribution < -0.4 is 5.32 Å². The van der Waals surface area contributed by atoms with Crippen LogP contribution in [-0.2, 0) is 14.6 Å². The number of anilines is 1. The summed E-state index contributed by atoms with van der Waals surface area (Å²) in [4.78, 5) is 16.5. The van der Waals surface area contributed by atoms with Crippen LogP contribution >= 0.6 is 23.1 Å². The monoisotopic (exact) mass is 489 g/mol. The lowest BCUT2D eigenvalue weighted by molar-refractivity contribution is -0.112. The molecular weight excluding hydrogens is 470 g/mol. The van der Waals surface area contributed by atoms with Gasteiger partial charge in [-0.15, -0.1) is 0 Å². The number of nitriles is 1. The molecular formula is C21H20ClN5O3S2. The van der Waals surface area contributed by atoms with Crippen molar-refractivity contribution in [1.29, 1.82) is 5.26 Å². The number of hydrogen-bond donors (Lipinski definition) is 1. The number of sulfone groups is 1. The Labute approximate surface area is 195 Å². The van der Waals surface area contributed by atoms with Gasteiger partial charge in [0.25, 0.3) is 11.1 Å². The molecule has 0 aliphatic heterocycles. The number of carbonyl (C=O) groups is 1. The zero-order chi connectivity index (χ0) is 23.6. The molecule has 166 valence electrons. The summed E-state index contributed by atoms with van der Waals surface area (Å²) >= 11 is 6.91. The first-order valence-electron chi connectivity index (χ1n) is 9.52. The largest absolute Gasteiger partial charge is 0.318 e. The van der Waals surface area contributed by atoms with Crippen LogP contribution in [0.15, 0.2) is 35.0 Å². The van der Waals surface area contributed by atoms with Crippen LogP contribution in [0.1, 0.15) is 29.4 Å². The third-order valence-electron chi connectivity index (χ3n) is 4.83. The van der Waals surface area contributed by atoms with Crippen molar-refractivity contribution in [2.45, 2.75) is 32.9 Å². The Morgan fingerprint density at radius 1 is 1.31 bits per heavy atom. The predicted molar refractivity (Wildman–Crippen MR) is 125 cm³/mol. The molecule has 0 unspecified atom stereocenters. The molecule has 0 radical (unpaired) electrons. The lowest BCUT2D eigenvalue weighted by Gasteiger charge is -2.13. The Bertz CT molecular complexity index is 1380. The van der Waals surface area contributed by atoms with E-state index in [2.05, 4.69) is 14.7 Å². The third-order valence-corrected chi connectivity index (χ3v) is 7.31. The molecule has 32 heavy (non-hydrogen) atoms. The number of halogens is 1. The minimum atomic E-state index is -3.58. The fourth-order valence-corrected chi connectivity index (χ4v) is 4.86. The number of benzene rings is 1. The number of carbonyl (C=O) groups excluding carboxylic acids is 1. The number of amides is 1. The van der Waals surface area contributed by atoms with E-state index in [9.17, 15) is 18.5 Å². The molecule has 3 rings (SSSR count). The lowest BCUT2D eigenvalue weighted by Crippen LogP contribution is -2.14. The number of aryl methyl sites for hydroxylation is 2. The van der Waals surface area contributed by atoms with E-state index < -0.39 is 15.7 Å². The SMILES string of the molecule is CCS(=O)(=O)c1nsc(NC(=O)/C(C#N)=C\c2cc(C)n(-c3cc(Cl)ccc3C)c2C)n1. The van der Waals surface area contributed by atoms with Gasteiger partial charge in [0, 0.05) is 33.6 Å². The zero-order valence-electron chi connectivity index (χ0n) is 17.8. The van der Waals surface area contributed by atoms with Crippen molar-refractivity contribution in [3.8, 4) is 11.8 Å². The third kappa shape index (κ3) is 4.75. The van der Waals surface area contributed by atoms with Crippen LogP contribution in [0.5, 0.6) is 0 Å². The molecule has 11 heteroatoms. The van der Waals surface area contributed by atoms with Crippen LogP contribution in [0.3, 0.4) is 0 Å². The van der Waals surface area contributed by atoms with Crippen molar-refractivity contribution in [1.82, 2.24) is 13.9 Å². The molecule has 0 saturated carbocycles. The van der Waals surface area contributed by atoms with Gasteiger partial charge in [0.2, 0.25) is 15.0 Å². The van der Waals surface area contributed by atoms with Crippen molar-refractivity contribution < 1.29 is 13.2 Å². The molecule has 1 amide bonds. The standard InChI is InChI=1S/C21H20ClN5O3S2/c1-5-32(29,30)21-25-20(31-26-21)24-19(28)16(11-23)9-15-8-13(3)27(14(15)4)18-10-17(22)7-6-12(18)2/h6-10H,5H2,1-4H3,(H,24,25,26,28)/b16-9-. The first-order valence-corrected chi connectivity index (χ1v) is 12.3. The molecule has 0 spiro atoms. The number of nitrogens with zero attached hydrogens (tertiary/aromatic N) is 4. The van der Waals surface area contributed by atoms with Crippen molar-refractivity contribution >= 4 is 50.1 Å². The summed E-state index contributed by atoms with van der Waals surface area (Å²) in [7, 11) is -3.58. The van der Waals surface area contributed by atoms with E-state index in [0.717, 1.165) is 34.2 Å². The minimum absolute atomic E-state index is 0.00296. The maximum absolute atomic E-state index is 12.6. The molecule has 0 saturated heterocycles. The van der Waals surface area contributed by atoms with Gasteiger partial charge in [-0.1, -0.05) is 24.6 Å². The van der Waals surface area contributed by atoms with Crippen LogP contribution in [0.25, 0.3) is 11.8 Å². The highest BCUT2D eigenvalue weighted by Crippen LogP contribution is 2.27. The lowest BCUT2D eigenvalue weighted by atomic mass is 10.1. The molecule has 0 aliphatic rings. The highest BCUT2D eigenvalue weighted by atomic mass is 35.5. The summed E-state index contributed by atoms with van der Waals surface area (Å²) in [5.41, 5.74) is 4.23.